The van der Waals surface area contributed by atoms with Crippen molar-refractivity contribution < 1.29 is 0 Å². The highest BCUT2D eigenvalue weighted by Gasteiger charge is 2.25. The third kappa shape index (κ3) is 0.939. The highest BCUT2D eigenvalue weighted by Crippen LogP contribution is 2.39. The van der Waals surface area contributed by atoms with Gasteiger partial charge in [0.1, 0.15) is 5.65 Å². The number of hydrogen-bond donors (Lipinski definition) is 2. The number of H-pyrrole nitrogens is 2. The predicted molar refractivity (Wildman–Crippen MR) is 62.3 cm³/mol. The lowest BCUT2D eigenvalue weighted by Gasteiger charge is -2.23. The summed E-state index contributed by atoms with van der Waals surface area (Å²) in [6, 6.07) is 2.09. The van der Waals surface area contributed by atoms with Gasteiger partial charge in [-0.3, -0.25) is 5.10 Å². The molecule has 4 nitrogen and oxygen atoms in total. The van der Waals surface area contributed by atoms with E-state index in [1.165, 1.54) is 35.7 Å². The summed E-state index contributed by atoms with van der Waals surface area (Å²) >= 11 is 0. The van der Waals surface area contributed by atoms with E-state index in [-0.39, 0.29) is 0 Å². The summed E-state index contributed by atoms with van der Waals surface area (Å²) in [5.41, 5.74) is 3.23. The number of nitrogens with one attached hydrogen (secondary N) is 2. The smallest absolute Gasteiger partial charge is 0.138 e. The summed E-state index contributed by atoms with van der Waals surface area (Å²) in [6.07, 6.45) is 7.68. The molecule has 4 heteroatoms. The maximum absolute atomic E-state index is 4.47. The molecule has 1 saturated carbocycles. The number of rotatable bonds is 1. The van der Waals surface area contributed by atoms with Crippen molar-refractivity contribution in [1.29, 1.82) is 0 Å². The largest absolute Gasteiger partial charge is 0.346 e. The van der Waals surface area contributed by atoms with E-state index in [4.69, 9.17) is 0 Å². The zero-order valence-corrected chi connectivity index (χ0v) is 8.83. The van der Waals surface area contributed by atoms with Crippen LogP contribution in [0.3, 0.4) is 0 Å². The monoisotopic (exact) mass is 212 g/mol. The Hall–Kier alpha value is -1.84. The van der Waals surface area contributed by atoms with Gasteiger partial charge in [-0.2, -0.15) is 5.10 Å². The molecule has 2 N–H and O–H groups in total. The molecule has 0 radical (unpaired) electrons. The third-order valence-corrected chi connectivity index (χ3v) is 3.63. The topological polar surface area (TPSA) is 57.4 Å². The summed E-state index contributed by atoms with van der Waals surface area (Å²) in [4.78, 5) is 7.51. The van der Waals surface area contributed by atoms with Crippen molar-refractivity contribution in [1.82, 2.24) is 20.2 Å². The Labute approximate surface area is 92.1 Å². The fourth-order valence-electron chi connectivity index (χ4n) is 2.52. The number of fused-ring (bicyclic) bond motifs is 3. The van der Waals surface area contributed by atoms with Gasteiger partial charge in [0.25, 0.3) is 0 Å². The van der Waals surface area contributed by atoms with Gasteiger partial charge in [0.2, 0.25) is 0 Å². The van der Waals surface area contributed by atoms with E-state index in [2.05, 4.69) is 26.2 Å². The molecule has 3 aromatic heterocycles. The second-order valence-electron chi connectivity index (χ2n) is 4.52. The molecule has 0 bridgehead atoms. The molecular formula is C12H12N4. The average molecular weight is 212 g/mol. The van der Waals surface area contributed by atoms with Crippen molar-refractivity contribution in [2.24, 2.45) is 0 Å². The minimum Gasteiger partial charge on any atom is -0.346 e. The van der Waals surface area contributed by atoms with Gasteiger partial charge in [-0.15, -0.1) is 0 Å². The fraction of sp³-hybridized carbons (Fsp3) is 0.333. The molecule has 0 saturated heterocycles. The van der Waals surface area contributed by atoms with E-state index in [0.717, 1.165) is 11.2 Å². The first-order valence-electron chi connectivity index (χ1n) is 5.73. The van der Waals surface area contributed by atoms with Crippen LogP contribution in [0.4, 0.5) is 0 Å². The second-order valence-corrected chi connectivity index (χ2v) is 4.52. The normalized spacial score (nSPS) is 17.0. The zero-order chi connectivity index (χ0) is 10.5. The van der Waals surface area contributed by atoms with Gasteiger partial charge < -0.3 is 4.98 Å². The standard InChI is InChI=1S/C12H12N4/c1-2-7(3-1)11-10-8-4-5-13-12(8)14-6-9(10)15-16-11/h4-7H,1-3H2,(H,13,14)(H,15,16). The molecule has 0 atom stereocenters. The molecule has 3 heterocycles. The quantitative estimate of drug-likeness (QED) is 0.651. The van der Waals surface area contributed by atoms with Crippen LogP contribution in [0.25, 0.3) is 21.9 Å². The molecule has 80 valence electrons. The van der Waals surface area contributed by atoms with Gasteiger partial charge in [-0.25, -0.2) is 4.98 Å². The predicted octanol–water partition coefficient (Wildman–Crippen LogP) is 2.71. The summed E-state index contributed by atoms with van der Waals surface area (Å²) < 4.78 is 0. The first kappa shape index (κ1) is 8.33. The van der Waals surface area contributed by atoms with Crippen molar-refractivity contribution in [3.8, 4) is 0 Å². The van der Waals surface area contributed by atoms with Crippen LogP contribution in [-0.4, -0.2) is 20.2 Å². The Morgan fingerprint density at radius 3 is 3.06 bits per heavy atom. The lowest BCUT2D eigenvalue weighted by atomic mass is 9.82. The van der Waals surface area contributed by atoms with E-state index >= 15 is 0 Å². The molecule has 0 aromatic carbocycles. The summed E-state index contributed by atoms with van der Waals surface area (Å²) in [6.45, 7) is 0. The van der Waals surface area contributed by atoms with Gasteiger partial charge in [-0.05, 0) is 18.9 Å². The van der Waals surface area contributed by atoms with Crippen LogP contribution < -0.4 is 0 Å². The Bertz CT molecular complexity index is 660. The summed E-state index contributed by atoms with van der Waals surface area (Å²) in [5.74, 6) is 0.647. The van der Waals surface area contributed by atoms with E-state index in [0.29, 0.717) is 5.92 Å². The Morgan fingerprint density at radius 2 is 2.25 bits per heavy atom. The Morgan fingerprint density at radius 1 is 1.31 bits per heavy atom. The van der Waals surface area contributed by atoms with Crippen LogP contribution in [-0.2, 0) is 0 Å². The van der Waals surface area contributed by atoms with Crippen molar-refractivity contribution in [2.45, 2.75) is 25.2 Å². The molecule has 3 aromatic rings. The molecule has 1 aliphatic carbocycles. The van der Waals surface area contributed by atoms with Crippen LogP contribution in [0.15, 0.2) is 18.5 Å². The van der Waals surface area contributed by atoms with E-state index in [9.17, 15) is 0 Å². The number of aromatic amines is 2. The zero-order valence-electron chi connectivity index (χ0n) is 8.83. The molecular weight excluding hydrogens is 200 g/mol. The Kier molecular flexibility index (Phi) is 1.48. The molecule has 1 aliphatic rings. The highest BCUT2D eigenvalue weighted by molar-refractivity contribution is 6.04. The maximum Gasteiger partial charge on any atom is 0.138 e. The lowest BCUT2D eigenvalue weighted by molar-refractivity contribution is 0.413. The van der Waals surface area contributed by atoms with Crippen LogP contribution >= 0.6 is 0 Å². The van der Waals surface area contributed by atoms with Gasteiger partial charge in [-0.1, -0.05) is 6.42 Å². The highest BCUT2D eigenvalue weighted by atomic mass is 15.1. The van der Waals surface area contributed by atoms with Crippen LogP contribution in [0.1, 0.15) is 30.9 Å². The first-order valence-corrected chi connectivity index (χ1v) is 5.73. The number of nitrogens with zero attached hydrogens (tertiary/aromatic N) is 2. The minimum absolute atomic E-state index is 0.647. The SMILES string of the molecule is c1cc2c(ncc3[nH]nc(C4CCC4)c32)[nH]1. The average Bonchev–Trinajstić information content (AvgIpc) is 2.79. The minimum atomic E-state index is 0.647. The summed E-state index contributed by atoms with van der Waals surface area (Å²) in [5, 5.41) is 10.0. The van der Waals surface area contributed by atoms with Gasteiger partial charge in [0.15, 0.2) is 0 Å². The summed E-state index contributed by atoms with van der Waals surface area (Å²) in [7, 11) is 0. The van der Waals surface area contributed by atoms with E-state index in [1.807, 2.05) is 12.4 Å². The van der Waals surface area contributed by atoms with Crippen molar-refractivity contribution >= 4 is 21.9 Å². The number of aromatic nitrogens is 4. The fourth-order valence-corrected chi connectivity index (χ4v) is 2.52. The van der Waals surface area contributed by atoms with Crippen LogP contribution in [0.2, 0.25) is 0 Å². The molecule has 1 fully saturated rings. The third-order valence-electron chi connectivity index (χ3n) is 3.63. The van der Waals surface area contributed by atoms with Gasteiger partial charge in [0, 0.05) is 22.9 Å². The van der Waals surface area contributed by atoms with E-state index < -0.39 is 0 Å². The first-order chi connectivity index (χ1) is 7.93. The van der Waals surface area contributed by atoms with Crippen LogP contribution in [0, 0.1) is 0 Å². The molecule has 4 rings (SSSR count). The van der Waals surface area contributed by atoms with Crippen molar-refractivity contribution in [3.63, 3.8) is 0 Å². The second kappa shape index (κ2) is 2.84. The molecule has 0 aliphatic heterocycles. The van der Waals surface area contributed by atoms with Gasteiger partial charge >= 0.3 is 0 Å². The van der Waals surface area contributed by atoms with Crippen molar-refractivity contribution in [2.75, 3.05) is 0 Å². The number of pyridine rings is 1. The lowest BCUT2D eigenvalue weighted by Crippen LogP contribution is -2.09. The molecule has 0 spiro atoms. The molecule has 0 unspecified atom stereocenters. The number of hydrogen-bond acceptors (Lipinski definition) is 2. The van der Waals surface area contributed by atoms with Crippen LogP contribution in [0.5, 0.6) is 0 Å². The molecule has 16 heavy (non-hydrogen) atoms. The maximum atomic E-state index is 4.47. The molecule has 0 amide bonds. The van der Waals surface area contributed by atoms with Crippen molar-refractivity contribution in [3.05, 3.63) is 24.2 Å². The van der Waals surface area contributed by atoms with E-state index in [1.54, 1.807) is 0 Å². The Balaban J connectivity index is 2.11. The van der Waals surface area contributed by atoms with Gasteiger partial charge in [0.05, 0.1) is 17.4 Å².